The Morgan fingerprint density at radius 1 is 1.20 bits per heavy atom. The van der Waals surface area contributed by atoms with E-state index in [4.69, 9.17) is 4.74 Å². The number of hydrogen-bond acceptors (Lipinski definition) is 7. The zero-order chi connectivity index (χ0) is 25.1. The molecule has 1 N–H and O–H groups in total. The highest BCUT2D eigenvalue weighted by Gasteiger charge is 2.27. The number of fused-ring (bicyclic) bond motifs is 1. The van der Waals surface area contributed by atoms with Crippen LogP contribution in [-0.4, -0.2) is 51.8 Å². The van der Waals surface area contributed by atoms with Crippen LogP contribution in [0.25, 0.3) is 0 Å². The quantitative estimate of drug-likeness (QED) is 0.558. The minimum Gasteiger partial charge on any atom is -0.496 e. The summed E-state index contributed by atoms with van der Waals surface area (Å²) in [5.74, 6) is -2.88. The van der Waals surface area contributed by atoms with Gasteiger partial charge in [0.1, 0.15) is 22.7 Å². The van der Waals surface area contributed by atoms with E-state index in [1.165, 1.54) is 34.8 Å². The van der Waals surface area contributed by atoms with Crippen LogP contribution >= 0.6 is 0 Å². The second-order valence-electron chi connectivity index (χ2n) is 8.02. The lowest BCUT2D eigenvalue weighted by Crippen LogP contribution is -2.35. The number of methoxy groups -OCH3 is 1. The highest BCUT2D eigenvalue weighted by Crippen LogP contribution is 2.23. The van der Waals surface area contributed by atoms with Gasteiger partial charge in [0.2, 0.25) is 5.91 Å². The van der Waals surface area contributed by atoms with Crippen LogP contribution in [0.3, 0.4) is 0 Å². The third-order valence-electron chi connectivity index (χ3n) is 5.93. The number of aromatic nitrogens is 3. The van der Waals surface area contributed by atoms with E-state index in [9.17, 15) is 23.2 Å². The Kier molecular flexibility index (Phi) is 6.90. The molecular formula is C23H23F2N5O5. The fraction of sp³-hybridized carbons (Fsp3) is 0.348. The lowest BCUT2D eigenvalue weighted by molar-refractivity contribution is -0.130. The third kappa shape index (κ3) is 4.91. The maximum Gasteiger partial charge on any atom is 0.257 e. The normalized spacial score (nSPS) is 13.2. The molecule has 1 aliphatic rings. The van der Waals surface area contributed by atoms with Crippen LogP contribution in [0.4, 0.5) is 8.78 Å². The van der Waals surface area contributed by atoms with Crippen molar-refractivity contribution >= 4 is 11.8 Å². The van der Waals surface area contributed by atoms with Gasteiger partial charge in [0.25, 0.3) is 11.5 Å². The standard InChI is InChI=1S/C23H23F2N5O5/c1-13-16(28-35-27-13)12-26-23(33)21-17-6-7-29(8-9-30(17)20(32)11-18(21)34-2)19(31)10-14-4-3-5-15(24)22(14)25/h3-5,11H,6-10,12H2,1-2H3,(H,26,33). The maximum atomic E-state index is 14.0. The molecule has 12 heteroatoms. The number of nitrogens with zero attached hydrogens (tertiary/aromatic N) is 4. The van der Waals surface area contributed by atoms with E-state index in [1.54, 1.807) is 6.92 Å². The van der Waals surface area contributed by atoms with Gasteiger partial charge in [-0.1, -0.05) is 22.4 Å². The number of pyridine rings is 1. The monoisotopic (exact) mass is 487 g/mol. The smallest absolute Gasteiger partial charge is 0.257 e. The number of ether oxygens (including phenoxy) is 1. The summed E-state index contributed by atoms with van der Waals surface area (Å²) >= 11 is 0. The Balaban J connectivity index is 1.56. The van der Waals surface area contributed by atoms with Crippen molar-refractivity contribution in [2.75, 3.05) is 20.2 Å². The molecule has 0 atom stereocenters. The molecule has 3 aromatic rings. The predicted octanol–water partition coefficient (Wildman–Crippen LogP) is 1.38. The van der Waals surface area contributed by atoms with E-state index >= 15 is 0 Å². The van der Waals surface area contributed by atoms with Gasteiger partial charge in [0, 0.05) is 43.4 Å². The molecule has 184 valence electrons. The summed E-state index contributed by atoms with van der Waals surface area (Å²) in [7, 11) is 1.36. The van der Waals surface area contributed by atoms with Crippen molar-refractivity contribution in [3.63, 3.8) is 0 Å². The van der Waals surface area contributed by atoms with Gasteiger partial charge in [-0.05, 0) is 13.0 Å². The lowest BCUT2D eigenvalue weighted by atomic mass is 10.1. The van der Waals surface area contributed by atoms with Crippen LogP contribution in [0.5, 0.6) is 5.75 Å². The first-order valence-electron chi connectivity index (χ1n) is 10.9. The van der Waals surface area contributed by atoms with Crippen molar-refractivity contribution in [3.8, 4) is 5.75 Å². The van der Waals surface area contributed by atoms with Gasteiger partial charge < -0.3 is 19.5 Å². The highest BCUT2D eigenvalue weighted by atomic mass is 19.2. The molecule has 2 aromatic heterocycles. The molecule has 1 aliphatic heterocycles. The van der Waals surface area contributed by atoms with Crippen LogP contribution in [0.15, 0.2) is 33.7 Å². The molecule has 0 unspecified atom stereocenters. The fourth-order valence-corrected chi connectivity index (χ4v) is 4.03. The molecule has 3 heterocycles. The Bertz CT molecular complexity index is 1340. The van der Waals surface area contributed by atoms with E-state index in [1.807, 2.05) is 0 Å². The Morgan fingerprint density at radius 2 is 2.00 bits per heavy atom. The molecular weight excluding hydrogens is 464 g/mol. The third-order valence-corrected chi connectivity index (χ3v) is 5.93. The van der Waals surface area contributed by atoms with Crippen LogP contribution in [0.1, 0.15) is 33.0 Å². The Labute approximate surface area is 198 Å². The zero-order valence-electron chi connectivity index (χ0n) is 19.1. The van der Waals surface area contributed by atoms with E-state index in [0.29, 0.717) is 17.1 Å². The molecule has 0 fully saturated rings. The summed E-state index contributed by atoms with van der Waals surface area (Å²) in [6.45, 7) is 2.21. The van der Waals surface area contributed by atoms with Crippen LogP contribution < -0.4 is 15.6 Å². The molecule has 0 saturated heterocycles. The van der Waals surface area contributed by atoms with Gasteiger partial charge in [-0.2, -0.15) is 0 Å². The molecule has 0 bridgehead atoms. The summed E-state index contributed by atoms with van der Waals surface area (Å²) in [6.07, 6.45) is -0.145. The summed E-state index contributed by atoms with van der Waals surface area (Å²) in [5, 5.41) is 10.1. The molecule has 4 rings (SSSR count). The maximum absolute atomic E-state index is 14.0. The second kappa shape index (κ2) is 10.0. The van der Waals surface area contributed by atoms with Gasteiger partial charge in [-0.15, -0.1) is 0 Å². The fourth-order valence-electron chi connectivity index (χ4n) is 4.03. The number of benzene rings is 1. The summed E-state index contributed by atoms with van der Waals surface area (Å²) < 4.78 is 38.9. The number of rotatable bonds is 6. The number of amides is 2. The van der Waals surface area contributed by atoms with E-state index in [-0.39, 0.29) is 61.5 Å². The summed E-state index contributed by atoms with van der Waals surface area (Å²) in [6, 6.07) is 4.90. The number of aryl methyl sites for hydroxylation is 1. The summed E-state index contributed by atoms with van der Waals surface area (Å²) in [4.78, 5) is 40.2. The van der Waals surface area contributed by atoms with Crippen molar-refractivity contribution in [2.24, 2.45) is 0 Å². The predicted molar refractivity (Wildman–Crippen MR) is 118 cm³/mol. The molecule has 0 aliphatic carbocycles. The number of hydrogen-bond donors (Lipinski definition) is 1. The highest BCUT2D eigenvalue weighted by molar-refractivity contribution is 5.98. The number of carbonyl (C=O) groups is 2. The molecule has 10 nitrogen and oxygen atoms in total. The van der Waals surface area contributed by atoms with Crippen molar-refractivity contribution in [1.29, 1.82) is 0 Å². The molecule has 0 radical (unpaired) electrons. The minimum atomic E-state index is -1.06. The van der Waals surface area contributed by atoms with E-state index < -0.39 is 23.4 Å². The topological polar surface area (TPSA) is 120 Å². The SMILES string of the molecule is COc1cc(=O)n2c(c1C(=O)NCc1nonc1C)CCN(C(=O)Cc1cccc(F)c1F)CC2. The largest absolute Gasteiger partial charge is 0.496 e. The van der Waals surface area contributed by atoms with E-state index in [2.05, 4.69) is 20.3 Å². The van der Waals surface area contributed by atoms with E-state index in [0.717, 1.165) is 6.07 Å². The van der Waals surface area contributed by atoms with Crippen LogP contribution in [-0.2, 0) is 30.7 Å². The number of halogens is 2. The van der Waals surface area contributed by atoms with Gasteiger partial charge >= 0.3 is 0 Å². The lowest BCUT2D eigenvalue weighted by Gasteiger charge is -2.20. The van der Waals surface area contributed by atoms with Crippen molar-refractivity contribution < 1.29 is 27.7 Å². The van der Waals surface area contributed by atoms with Crippen LogP contribution in [0, 0.1) is 18.6 Å². The molecule has 0 spiro atoms. The summed E-state index contributed by atoms with van der Waals surface area (Å²) in [5.41, 5.74) is 1.15. The van der Waals surface area contributed by atoms with Gasteiger partial charge in [0.15, 0.2) is 11.6 Å². The molecule has 35 heavy (non-hydrogen) atoms. The molecule has 2 amide bonds. The van der Waals surface area contributed by atoms with Crippen molar-refractivity contribution in [3.05, 3.63) is 74.5 Å². The van der Waals surface area contributed by atoms with Gasteiger partial charge in [-0.3, -0.25) is 14.4 Å². The Hall–Kier alpha value is -4.09. The van der Waals surface area contributed by atoms with Crippen LogP contribution in [0.2, 0.25) is 0 Å². The average molecular weight is 487 g/mol. The minimum absolute atomic E-state index is 0.0479. The Morgan fingerprint density at radius 3 is 2.71 bits per heavy atom. The first kappa shape index (κ1) is 24.0. The van der Waals surface area contributed by atoms with Crippen molar-refractivity contribution in [1.82, 2.24) is 25.1 Å². The first-order valence-corrected chi connectivity index (χ1v) is 10.9. The molecule has 0 saturated carbocycles. The number of nitrogens with one attached hydrogen (secondary N) is 1. The van der Waals surface area contributed by atoms with Gasteiger partial charge in [-0.25, -0.2) is 13.4 Å². The number of carbonyl (C=O) groups excluding carboxylic acids is 2. The van der Waals surface area contributed by atoms with Crippen molar-refractivity contribution in [2.45, 2.75) is 32.9 Å². The second-order valence-corrected chi connectivity index (χ2v) is 8.02. The van der Waals surface area contributed by atoms with Gasteiger partial charge in [0.05, 0.1) is 20.1 Å². The first-order chi connectivity index (χ1) is 16.8. The zero-order valence-corrected chi connectivity index (χ0v) is 19.1. The average Bonchev–Trinajstić information content (AvgIpc) is 3.11. The molecule has 1 aromatic carbocycles.